The van der Waals surface area contributed by atoms with E-state index in [1.807, 2.05) is 0 Å². The molecule has 0 radical (unpaired) electrons. The maximum Gasteiger partial charge on any atom is 0.299 e. The fourth-order valence-corrected chi connectivity index (χ4v) is 2.86. The molecule has 1 N–H and O–H groups in total. The Morgan fingerprint density at radius 1 is 0.632 bits per heavy atom. The molecule has 0 spiro atoms. The number of rotatable bonds is 27. The summed E-state index contributed by atoms with van der Waals surface area (Å²) in [6, 6.07) is 3.44. The SMILES string of the molecule is CCCCOCCOCCOCCOCCOCCOCCOCCNc1ccc([N+](=O)[O-])cc1[N+](=O)[O-]. The van der Waals surface area contributed by atoms with E-state index in [-0.39, 0.29) is 23.7 Å². The van der Waals surface area contributed by atoms with Gasteiger partial charge in [-0.05, 0) is 12.5 Å². The summed E-state index contributed by atoms with van der Waals surface area (Å²) in [4.78, 5) is 20.5. The van der Waals surface area contributed by atoms with Crippen LogP contribution in [0.2, 0.25) is 0 Å². The minimum Gasteiger partial charge on any atom is -0.379 e. The average molecular weight is 548 g/mol. The van der Waals surface area contributed by atoms with E-state index in [1.165, 1.54) is 12.1 Å². The van der Waals surface area contributed by atoms with E-state index < -0.39 is 9.85 Å². The zero-order valence-electron chi connectivity index (χ0n) is 22.1. The van der Waals surface area contributed by atoms with Gasteiger partial charge in [0.2, 0.25) is 0 Å². The highest BCUT2D eigenvalue weighted by Gasteiger charge is 2.18. The third-order valence-electron chi connectivity index (χ3n) is 4.82. The maximum absolute atomic E-state index is 11.1. The molecule has 0 fully saturated rings. The molecule has 0 atom stereocenters. The topological polar surface area (TPSA) is 163 Å². The largest absolute Gasteiger partial charge is 0.379 e. The van der Waals surface area contributed by atoms with Crippen LogP contribution in [0.15, 0.2) is 18.2 Å². The van der Waals surface area contributed by atoms with Crippen LogP contribution in [0.1, 0.15) is 19.8 Å². The van der Waals surface area contributed by atoms with E-state index >= 15 is 0 Å². The quantitative estimate of drug-likeness (QED) is 0.0975. The fourth-order valence-electron chi connectivity index (χ4n) is 2.86. The molecule has 1 aromatic rings. The molecule has 0 aliphatic carbocycles. The lowest BCUT2D eigenvalue weighted by Crippen LogP contribution is -2.15. The third kappa shape index (κ3) is 17.9. The Labute approximate surface area is 223 Å². The van der Waals surface area contributed by atoms with Crippen LogP contribution in [0, 0.1) is 20.2 Å². The van der Waals surface area contributed by atoms with E-state index in [0.717, 1.165) is 25.5 Å². The van der Waals surface area contributed by atoms with Crippen LogP contribution in [0.4, 0.5) is 17.1 Å². The second-order valence-electron chi connectivity index (χ2n) is 7.78. The molecule has 0 heterocycles. The number of unbranched alkanes of at least 4 members (excludes halogenated alkanes) is 1. The molecule has 0 unspecified atom stereocenters. The van der Waals surface area contributed by atoms with Gasteiger partial charge in [-0.15, -0.1) is 0 Å². The van der Waals surface area contributed by atoms with Crippen molar-refractivity contribution in [2.45, 2.75) is 19.8 Å². The number of nitro groups is 2. The highest BCUT2D eigenvalue weighted by molar-refractivity contribution is 5.65. The molecule has 1 aromatic carbocycles. The number of anilines is 1. The van der Waals surface area contributed by atoms with Crippen molar-refractivity contribution < 1.29 is 43.0 Å². The summed E-state index contributed by atoms with van der Waals surface area (Å²) < 4.78 is 37.9. The Kier molecular flexibility index (Phi) is 20.9. The Morgan fingerprint density at radius 2 is 1.05 bits per heavy atom. The van der Waals surface area contributed by atoms with E-state index in [2.05, 4.69) is 12.2 Å². The summed E-state index contributed by atoms with van der Waals surface area (Å²) in [6.07, 6.45) is 2.21. The molecule has 14 heteroatoms. The molecule has 14 nitrogen and oxygen atoms in total. The molecule has 38 heavy (non-hydrogen) atoms. The van der Waals surface area contributed by atoms with Crippen LogP contribution < -0.4 is 5.32 Å². The highest BCUT2D eigenvalue weighted by Crippen LogP contribution is 2.28. The Bertz CT molecular complexity index is 755. The summed E-state index contributed by atoms with van der Waals surface area (Å²) in [5.41, 5.74) is -0.505. The fraction of sp³-hybridized carbons (Fsp3) is 0.750. The van der Waals surface area contributed by atoms with Gasteiger partial charge in [0, 0.05) is 19.2 Å². The summed E-state index contributed by atoms with van der Waals surface area (Å²) in [6.45, 7) is 9.26. The molecule has 1 rings (SSSR count). The van der Waals surface area contributed by atoms with Crippen molar-refractivity contribution in [2.75, 3.05) is 104 Å². The van der Waals surface area contributed by atoms with Gasteiger partial charge in [0.25, 0.3) is 11.4 Å². The van der Waals surface area contributed by atoms with Crippen molar-refractivity contribution >= 4 is 17.1 Å². The van der Waals surface area contributed by atoms with Crippen LogP contribution in [0.5, 0.6) is 0 Å². The average Bonchev–Trinajstić information content (AvgIpc) is 2.91. The van der Waals surface area contributed by atoms with Crippen LogP contribution in [-0.2, 0) is 33.2 Å². The number of hydrogen-bond acceptors (Lipinski definition) is 12. The molecule has 0 aromatic heterocycles. The molecule has 0 saturated heterocycles. The van der Waals surface area contributed by atoms with Gasteiger partial charge in [0.05, 0.1) is 102 Å². The first-order valence-corrected chi connectivity index (χ1v) is 12.8. The molecule has 0 saturated carbocycles. The number of non-ortho nitro benzene ring substituents is 1. The van der Waals surface area contributed by atoms with E-state index in [9.17, 15) is 20.2 Å². The van der Waals surface area contributed by atoms with Gasteiger partial charge in [0.15, 0.2) is 0 Å². The van der Waals surface area contributed by atoms with E-state index in [1.54, 1.807) is 0 Å². The minimum atomic E-state index is -0.678. The second kappa shape index (κ2) is 23.6. The van der Waals surface area contributed by atoms with Gasteiger partial charge in [-0.3, -0.25) is 20.2 Å². The Balaban J connectivity index is 1.83. The second-order valence-corrected chi connectivity index (χ2v) is 7.78. The predicted octanol–water partition coefficient (Wildman–Crippen LogP) is 2.83. The number of nitro benzene ring substituents is 2. The Hall–Kier alpha value is -2.46. The number of nitrogens with one attached hydrogen (secondary N) is 1. The van der Waals surface area contributed by atoms with Gasteiger partial charge in [-0.25, -0.2) is 0 Å². The summed E-state index contributed by atoms with van der Waals surface area (Å²) >= 11 is 0. The van der Waals surface area contributed by atoms with Gasteiger partial charge >= 0.3 is 0 Å². The van der Waals surface area contributed by atoms with Gasteiger partial charge < -0.3 is 38.5 Å². The van der Waals surface area contributed by atoms with Crippen molar-refractivity contribution in [3.05, 3.63) is 38.4 Å². The lowest BCUT2D eigenvalue weighted by atomic mass is 10.2. The van der Waals surface area contributed by atoms with Crippen molar-refractivity contribution in [2.24, 2.45) is 0 Å². The molecule has 0 aliphatic heterocycles. The lowest BCUT2D eigenvalue weighted by molar-refractivity contribution is -0.393. The van der Waals surface area contributed by atoms with Crippen LogP contribution in [0.3, 0.4) is 0 Å². The molecule has 218 valence electrons. The lowest BCUT2D eigenvalue weighted by Gasteiger charge is -2.09. The molecule has 0 bridgehead atoms. The zero-order chi connectivity index (χ0) is 27.7. The Morgan fingerprint density at radius 3 is 1.45 bits per heavy atom. The zero-order valence-corrected chi connectivity index (χ0v) is 22.1. The van der Waals surface area contributed by atoms with Crippen molar-refractivity contribution in [1.82, 2.24) is 0 Å². The smallest absolute Gasteiger partial charge is 0.299 e. The first-order valence-electron chi connectivity index (χ1n) is 12.8. The molecular formula is C24H41N3O11. The standard InChI is InChI=1S/C24H41N3O11/c1-2-3-7-32-9-11-34-13-15-36-17-19-38-20-18-37-16-14-35-12-10-33-8-6-25-23-5-4-22(26(28)29)21-24(23)27(30)31/h4-5,21,25H,2-3,6-20H2,1H3. The first-order chi connectivity index (χ1) is 18.6. The van der Waals surface area contributed by atoms with Gasteiger partial charge in [0.1, 0.15) is 5.69 Å². The summed E-state index contributed by atoms with van der Waals surface area (Å²) in [5, 5.41) is 24.7. The monoisotopic (exact) mass is 547 g/mol. The van der Waals surface area contributed by atoms with E-state index in [0.29, 0.717) is 85.8 Å². The van der Waals surface area contributed by atoms with Crippen LogP contribution in [0.25, 0.3) is 0 Å². The summed E-state index contributed by atoms with van der Waals surface area (Å²) in [7, 11) is 0. The number of nitrogens with zero attached hydrogens (tertiary/aromatic N) is 2. The molecular weight excluding hydrogens is 506 g/mol. The van der Waals surface area contributed by atoms with Crippen molar-refractivity contribution in [1.29, 1.82) is 0 Å². The van der Waals surface area contributed by atoms with Crippen molar-refractivity contribution in [3.8, 4) is 0 Å². The summed E-state index contributed by atoms with van der Waals surface area (Å²) in [5.74, 6) is 0. The normalized spacial score (nSPS) is 11.1. The molecule has 0 amide bonds. The maximum atomic E-state index is 11.1. The first kappa shape index (κ1) is 33.6. The predicted molar refractivity (Wildman–Crippen MR) is 139 cm³/mol. The number of hydrogen-bond donors (Lipinski definition) is 1. The van der Waals surface area contributed by atoms with Crippen LogP contribution >= 0.6 is 0 Å². The minimum absolute atomic E-state index is 0.193. The number of benzene rings is 1. The third-order valence-corrected chi connectivity index (χ3v) is 4.82. The van der Waals surface area contributed by atoms with Gasteiger partial charge in [-0.2, -0.15) is 0 Å². The van der Waals surface area contributed by atoms with Crippen LogP contribution in [-0.4, -0.2) is 109 Å². The highest BCUT2D eigenvalue weighted by atomic mass is 16.6. The van der Waals surface area contributed by atoms with Crippen molar-refractivity contribution in [3.63, 3.8) is 0 Å². The van der Waals surface area contributed by atoms with E-state index in [4.69, 9.17) is 33.2 Å². The molecule has 0 aliphatic rings. The van der Waals surface area contributed by atoms with Gasteiger partial charge in [-0.1, -0.05) is 13.3 Å². The number of ether oxygens (including phenoxy) is 7.